The van der Waals surface area contributed by atoms with E-state index in [1.165, 1.54) is 6.92 Å². The number of imide groups is 1. The second kappa shape index (κ2) is 8.47. The summed E-state index contributed by atoms with van der Waals surface area (Å²) in [5.74, 6) is -1.34. The zero-order valence-corrected chi connectivity index (χ0v) is 17.4. The minimum atomic E-state index is -1.43. The van der Waals surface area contributed by atoms with Crippen LogP contribution in [0, 0.1) is 0 Å². The van der Waals surface area contributed by atoms with Gasteiger partial charge < -0.3 is 10.6 Å². The van der Waals surface area contributed by atoms with Crippen molar-refractivity contribution in [3.63, 3.8) is 0 Å². The highest BCUT2D eigenvalue weighted by Gasteiger charge is 2.54. The molecule has 7 nitrogen and oxygen atoms in total. The van der Waals surface area contributed by atoms with Gasteiger partial charge >= 0.3 is 6.03 Å². The Morgan fingerprint density at radius 2 is 1.38 bits per heavy atom. The topological polar surface area (TPSA) is 95.6 Å². The summed E-state index contributed by atoms with van der Waals surface area (Å²) in [5.41, 5.74) is 0.427. The lowest BCUT2D eigenvalue weighted by Gasteiger charge is -2.28. The predicted octanol–water partition coefficient (Wildman–Crippen LogP) is 3.32. The van der Waals surface area contributed by atoms with Crippen LogP contribution in [0.3, 0.4) is 0 Å². The van der Waals surface area contributed by atoms with Crippen LogP contribution in [0.4, 0.5) is 10.5 Å². The third kappa shape index (κ3) is 3.65. The number of carbonyl (C=O) groups is 4. The van der Waals surface area contributed by atoms with E-state index in [0.717, 1.165) is 4.90 Å². The van der Waals surface area contributed by atoms with Crippen LogP contribution in [0.2, 0.25) is 0 Å². The normalized spacial score (nSPS) is 14.7. The number of ketones is 1. The van der Waals surface area contributed by atoms with Gasteiger partial charge in [0.05, 0.1) is 5.69 Å². The van der Waals surface area contributed by atoms with Gasteiger partial charge in [0.25, 0.3) is 5.91 Å². The van der Waals surface area contributed by atoms with Crippen LogP contribution < -0.4 is 10.6 Å². The molecule has 160 valence electrons. The Labute approximate surface area is 185 Å². The molecule has 32 heavy (non-hydrogen) atoms. The van der Waals surface area contributed by atoms with Crippen molar-refractivity contribution in [3.8, 4) is 0 Å². The summed E-state index contributed by atoms with van der Waals surface area (Å²) in [7, 11) is 0. The van der Waals surface area contributed by atoms with Gasteiger partial charge in [-0.3, -0.25) is 19.3 Å². The average molecular weight is 427 g/mol. The first-order chi connectivity index (χ1) is 15.4. The molecule has 0 aromatic heterocycles. The second-order valence-electron chi connectivity index (χ2n) is 7.45. The molecule has 1 fully saturated rings. The molecule has 0 radical (unpaired) electrons. The van der Waals surface area contributed by atoms with E-state index in [-0.39, 0.29) is 5.78 Å². The third-order valence-corrected chi connectivity index (χ3v) is 5.40. The Balaban J connectivity index is 1.64. The number of rotatable bonds is 6. The van der Waals surface area contributed by atoms with Crippen LogP contribution in [0.1, 0.15) is 28.4 Å². The number of amides is 4. The maximum atomic E-state index is 13.6. The second-order valence-corrected chi connectivity index (χ2v) is 7.45. The van der Waals surface area contributed by atoms with Gasteiger partial charge in [-0.25, -0.2) is 4.79 Å². The molecule has 7 heteroatoms. The van der Waals surface area contributed by atoms with Crippen molar-refractivity contribution in [1.82, 2.24) is 10.2 Å². The molecule has 0 bridgehead atoms. The van der Waals surface area contributed by atoms with E-state index < -0.39 is 29.9 Å². The minimum Gasteiger partial charge on any atom is -0.324 e. The van der Waals surface area contributed by atoms with Gasteiger partial charge in [-0.05, 0) is 30.2 Å². The molecule has 3 aromatic rings. The lowest BCUT2D eigenvalue weighted by atomic mass is 9.82. The summed E-state index contributed by atoms with van der Waals surface area (Å²) in [6, 6.07) is 23.7. The van der Waals surface area contributed by atoms with E-state index in [1.807, 2.05) is 12.1 Å². The monoisotopic (exact) mass is 427 g/mol. The van der Waals surface area contributed by atoms with E-state index in [1.54, 1.807) is 72.8 Å². The number of carbonyl (C=O) groups excluding carboxylic acids is 4. The fourth-order valence-electron chi connectivity index (χ4n) is 3.89. The van der Waals surface area contributed by atoms with Crippen LogP contribution in [0.5, 0.6) is 0 Å². The number of para-hydroxylation sites is 1. The van der Waals surface area contributed by atoms with Crippen LogP contribution in [0.25, 0.3) is 0 Å². The number of Topliss-reactive ketones (excluding diaryl/α,β-unsaturated/α-hetero) is 1. The molecule has 1 aliphatic heterocycles. The first-order valence-corrected chi connectivity index (χ1v) is 10.1. The number of benzene rings is 3. The highest BCUT2D eigenvalue weighted by atomic mass is 16.2. The molecule has 0 spiro atoms. The SMILES string of the molecule is CC(=O)c1ccccc1NC(=O)CN1C(=O)NC(c2ccccc2)(c2ccccc2)C1=O. The van der Waals surface area contributed by atoms with E-state index in [0.29, 0.717) is 22.4 Å². The summed E-state index contributed by atoms with van der Waals surface area (Å²) >= 11 is 0. The zero-order valence-electron chi connectivity index (χ0n) is 17.4. The molecule has 1 heterocycles. The number of hydrogen-bond donors (Lipinski definition) is 2. The molecule has 0 aliphatic carbocycles. The van der Waals surface area contributed by atoms with Crippen LogP contribution in [-0.2, 0) is 15.1 Å². The number of hydrogen-bond acceptors (Lipinski definition) is 4. The van der Waals surface area contributed by atoms with Crippen LogP contribution in [-0.4, -0.2) is 35.1 Å². The number of urea groups is 1. The highest BCUT2D eigenvalue weighted by molar-refractivity contribution is 6.12. The quantitative estimate of drug-likeness (QED) is 0.466. The van der Waals surface area contributed by atoms with Crippen molar-refractivity contribution >= 4 is 29.3 Å². The molecule has 4 amide bonds. The molecule has 3 aromatic carbocycles. The Bertz CT molecular complexity index is 1150. The van der Waals surface area contributed by atoms with Crippen molar-refractivity contribution in [2.45, 2.75) is 12.5 Å². The maximum Gasteiger partial charge on any atom is 0.326 e. The summed E-state index contributed by atoms with van der Waals surface area (Å²) in [5, 5.41) is 5.44. The molecule has 2 N–H and O–H groups in total. The zero-order chi connectivity index (χ0) is 22.7. The highest BCUT2D eigenvalue weighted by Crippen LogP contribution is 2.35. The number of nitrogens with one attached hydrogen (secondary N) is 2. The number of anilines is 1. The Hall–Kier alpha value is -4.26. The largest absolute Gasteiger partial charge is 0.326 e. The van der Waals surface area contributed by atoms with Gasteiger partial charge in [0.2, 0.25) is 5.91 Å². The van der Waals surface area contributed by atoms with E-state index in [4.69, 9.17) is 0 Å². The third-order valence-electron chi connectivity index (χ3n) is 5.40. The van der Waals surface area contributed by atoms with E-state index >= 15 is 0 Å². The van der Waals surface area contributed by atoms with Gasteiger partial charge in [-0.1, -0.05) is 72.8 Å². The van der Waals surface area contributed by atoms with Crippen molar-refractivity contribution in [3.05, 3.63) is 102 Å². The first-order valence-electron chi connectivity index (χ1n) is 10.1. The molecule has 0 atom stereocenters. The molecular formula is C25H21N3O4. The lowest BCUT2D eigenvalue weighted by molar-refractivity contribution is -0.133. The van der Waals surface area contributed by atoms with Gasteiger partial charge in [0.1, 0.15) is 6.54 Å². The number of nitrogens with zero attached hydrogens (tertiary/aromatic N) is 1. The molecular weight excluding hydrogens is 406 g/mol. The van der Waals surface area contributed by atoms with Gasteiger partial charge in [-0.2, -0.15) is 0 Å². The predicted molar refractivity (Wildman–Crippen MR) is 119 cm³/mol. The summed E-state index contributed by atoms with van der Waals surface area (Å²) < 4.78 is 0. The van der Waals surface area contributed by atoms with Gasteiger partial charge in [-0.15, -0.1) is 0 Å². The fourth-order valence-corrected chi connectivity index (χ4v) is 3.89. The Morgan fingerprint density at radius 1 is 0.844 bits per heavy atom. The molecule has 4 rings (SSSR count). The molecule has 1 aliphatic rings. The lowest BCUT2D eigenvalue weighted by Crippen LogP contribution is -2.45. The van der Waals surface area contributed by atoms with Crippen molar-refractivity contribution in [1.29, 1.82) is 0 Å². The van der Waals surface area contributed by atoms with E-state index in [9.17, 15) is 19.2 Å². The summed E-state index contributed by atoms with van der Waals surface area (Å²) in [6.07, 6.45) is 0. The van der Waals surface area contributed by atoms with Crippen LogP contribution >= 0.6 is 0 Å². The average Bonchev–Trinajstić information content (AvgIpc) is 3.06. The van der Waals surface area contributed by atoms with Crippen molar-refractivity contribution in [2.75, 3.05) is 11.9 Å². The van der Waals surface area contributed by atoms with Gasteiger partial charge in [0, 0.05) is 5.56 Å². The smallest absolute Gasteiger partial charge is 0.324 e. The standard InChI is InChI=1S/C25H21N3O4/c1-17(29)20-14-8-9-15-21(20)26-22(30)16-28-23(31)25(27-24(28)32,18-10-4-2-5-11-18)19-12-6-3-7-13-19/h2-15H,16H2,1H3,(H,26,30)(H,27,32). The fraction of sp³-hybridized carbons (Fsp3) is 0.120. The Morgan fingerprint density at radius 3 is 1.94 bits per heavy atom. The molecule has 0 unspecified atom stereocenters. The maximum absolute atomic E-state index is 13.6. The Kier molecular flexibility index (Phi) is 5.55. The van der Waals surface area contributed by atoms with Crippen LogP contribution in [0.15, 0.2) is 84.9 Å². The molecule has 0 saturated carbocycles. The molecule has 1 saturated heterocycles. The summed E-state index contributed by atoms with van der Waals surface area (Å²) in [6.45, 7) is 0.912. The van der Waals surface area contributed by atoms with E-state index in [2.05, 4.69) is 10.6 Å². The van der Waals surface area contributed by atoms with Crippen molar-refractivity contribution < 1.29 is 19.2 Å². The first kappa shape index (κ1) is 21.0. The van der Waals surface area contributed by atoms with Gasteiger partial charge in [0.15, 0.2) is 11.3 Å². The minimum absolute atomic E-state index is 0.205. The summed E-state index contributed by atoms with van der Waals surface area (Å²) in [4.78, 5) is 51.9. The van der Waals surface area contributed by atoms with Crippen molar-refractivity contribution in [2.24, 2.45) is 0 Å².